The molecule has 1 saturated carbocycles. The fourth-order valence-corrected chi connectivity index (χ4v) is 1.73. The van der Waals surface area contributed by atoms with Crippen LogP contribution in [0.25, 0.3) is 0 Å². The summed E-state index contributed by atoms with van der Waals surface area (Å²) in [6, 6.07) is 0. The third-order valence-corrected chi connectivity index (χ3v) is 2.66. The van der Waals surface area contributed by atoms with E-state index >= 15 is 0 Å². The van der Waals surface area contributed by atoms with Gasteiger partial charge in [0, 0.05) is 5.92 Å². The summed E-state index contributed by atoms with van der Waals surface area (Å²) in [7, 11) is 0. The van der Waals surface area contributed by atoms with Crippen LogP contribution in [-0.4, -0.2) is 6.29 Å². The Morgan fingerprint density at radius 1 is 1.30 bits per heavy atom. The van der Waals surface area contributed by atoms with E-state index in [1.807, 2.05) is 0 Å². The maximum Gasteiger partial charge on any atom is 0.123 e. The topological polar surface area (TPSA) is 17.1 Å². The van der Waals surface area contributed by atoms with Crippen LogP contribution >= 0.6 is 0 Å². The lowest BCUT2D eigenvalue weighted by Crippen LogP contribution is -2.14. The summed E-state index contributed by atoms with van der Waals surface area (Å²) in [5, 5.41) is 0. The van der Waals surface area contributed by atoms with Crippen LogP contribution in [0.2, 0.25) is 0 Å². The van der Waals surface area contributed by atoms with Crippen LogP contribution in [0, 0.1) is 11.8 Å². The fourth-order valence-electron chi connectivity index (χ4n) is 1.73. The Bertz CT molecular complexity index is 101. The van der Waals surface area contributed by atoms with Crippen LogP contribution in [0.4, 0.5) is 0 Å². The lowest BCUT2D eigenvalue weighted by atomic mass is 9.82. The predicted molar refractivity (Wildman–Crippen MR) is 41.8 cm³/mol. The first kappa shape index (κ1) is 7.77. The Hall–Kier alpha value is -0.330. The molecular weight excluding hydrogens is 124 g/mol. The van der Waals surface area contributed by atoms with E-state index in [1.54, 1.807) is 0 Å². The number of aldehydes is 1. The second kappa shape index (κ2) is 3.75. The molecule has 1 aliphatic rings. The summed E-state index contributed by atoms with van der Waals surface area (Å²) in [6.45, 7) is 2.24. The van der Waals surface area contributed by atoms with Crippen LogP contribution in [0.1, 0.15) is 39.0 Å². The van der Waals surface area contributed by atoms with Gasteiger partial charge in [0.15, 0.2) is 0 Å². The van der Waals surface area contributed by atoms with E-state index in [0.29, 0.717) is 5.92 Å². The van der Waals surface area contributed by atoms with Crippen molar-refractivity contribution in [1.82, 2.24) is 0 Å². The zero-order valence-corrected chi connectivity index (χ0v) is 6.68. The monoisotopic (exact) mass is 140 g/mol. The molecule has 0 atom stereocenters. The molecule has 58 valence electrons. The van der Waals surface area contributed by atoms with Crippen LogP contribution in [-0.2, 0) is 4.79 Å². The van der Waals surface area contributed by atoms with Crippen molar-refractivity contribution in [2.45, 2.75) is 39.0 Å². The molecule has 0 aliphatic heterocycles. The molecule has 0 aromatic heterocycles. The van der Waals surface area contributed by atoms with E-state index < -0.39 is 0 Å². The average molecular weight is 140 g/mol. The second-order valence-corrected chi connectivity index (χ2v) is 3.33. The van der Waals surface area contributed by atoms with Gasteiger partial charge in [-0.2, -0.15) is 0 Å². The standard InChI is InChI=1S/C9H16O/c1-2-8-3-5-9(7-10)6-4-8/h7-9H,2-6H2,1H3. The van der Waals surface area contributed by atoms with Crippen molar-refractivity contribution >= 4 is 6.29 Å². The fraction of sp³-hybridized carbons (Fsp3) is 0.889. The highest BCUT2D eigenvalue weighted by Gasteiger charge is 2.18. The molecule has 10 heavy (non-hydrogen) atoms. The zero-order valence-electron chi connectivity index (χ0n) is 6.68. The molecule has 0 bridgehead atoms. The summed E-state index contributed by atoms with van der Waals surface area (Å²) in [5.74, 6) is 1.30. The van der Waals surface area contributed by atoms with E-state index in [2.05, 4.69) is 6.92 Å². The first-order chi connectivity index (χ1) is 4.86. The van der Waals surface area contributed by atoms with E-state index in [1.165, 1.54) is 19.3 Å². The first-order valence-electron chi connectivity index (χ1n) is 4.32. The highest BCUT2D eigenvalue weighted by molar-refractivity contribution is 5.53. The van der Waals surface area contributed by atoms with E-state index in [9.17, 15) is 4.79 Å². The quantitative estimate of drug-likeness (QED) is 0.538. The first-order valence-corrected chi connectivity index (χ1v) is 4.32. The zero-order chi connectivity index (χ0) is 7.40. The van der Waals surface area contributed by atoms with Crippen molar-refractivity contribution in [2.75, 3.05) is 0 Å². The van der Waals surface area contributed by atoms with Gasteiger partial charge in [-0.15, -0.1) is 0 Å². The van der Waals surface area contributed by atoms with Crippen molar-refractivity contribution in [2.24, 2.45) is 11.8 Å². The van der Waals surface area contributed by atoms with E-state index in [0.717, 1.165) is 25.0 Å². The van der Waals surface area contributed by atoms with Crippen LogP contribution in [0.5, 0.6) is 0 Å². The minimum Gasteiger partial charge on any atom is -0.303 e. The van der Waals surface area contributed by atoms with Gasteiger partial charge in [0.25, 0.3) is 0 Å². The molecule has 0 radical (unpaired) electrons. The molecule has 1 aliphatic carbocycles. The SMILES string of the molecule is CCC1CCC(C=O)CC1. The smallest absolute Gasteiger partial charge is 0.123 e. The lowest BCUT2D eigenvalue weighted by molar-refractivity contribution is -0.112. The Labute approximate surface area is 62.8 Å². The molecule has 0 N–H and O–H groups in total. The van der Waals surface area contributed by atoms with Gasteiger partial charge in [0.05, 0.1) is 0 Å². The second-order valence-electron chi connectivity index (χ2n) is 3.33. The van der Waals surface area contributed by atoms with Gasteiger partial charge in [-0.05, 0) is 31.6 Å². The maximum absolute atomic E-state index is 10.4. The summed E-state index contributed by atoms with van der Waals surface area (Å²) in [5.41, 5.74) is 0. The minimum atomic E-state index is 0.391. The Morgan fingerprint density at radius 3 is 2.30 bits per heavy atom. The largest absolute Gasteiger partial charge is 0.303 e. The van der Waals surface area contributed by atoms with Crippen LogP contribution in [0.15, 0.2) is 0 Å². The Kier molecular flexibility index (Phi) is 2.91. The van der Waals surface area contributed by atoms with Crippen molar-refractivity contribution in [3.05, 3.63) is 0 Å². The van der Waals surface area contributed by atoms with Crippen molar-refractivity contribution in [1.29, 1.82) is 0 Å². The van der Waals surface area contributed by atoms with Gasteiger partial charge in [0.2, 0.25) is 0 Å². The predicted octanol–water partition coefficient (Wildman–Crippen LogP) is 2.40. The molecule has 0 aromatic carbocycles. The lowest BCUT2D eigenvalue weighted by Gasteiger charge is -2.23. The molecule has 0 saturated heterocycles. The number of hydrogen-bond acceptors (Lipinski definition) is 1. The molecule has 0 aromatic rings. The third kappa shape index (κ3) is 1.83. The van der Waals surface area contributed by atoms with Crippen molar-refractivity contribution in [3.8, 4) is 0 Å². The van der Waals surface area contributed by atoms with E-state index in [-0.39, 0.29) is 0 Å². The summed E-state index contributed by atoms with van der Waals surface area (Å²) in [6.07, 6.45) is 7.27. The molecule has 0 unspecified atom stereocenters. The Morgan fingerprint density at radius 2 is 1.90 bits per heavy atom. The third-order valence-electron chi connectivity index (χ3n) is 2.66. The van der Waals surface area contributed by atoms with Crippen molar-refractivity contribution < 1.29 is 4.79 Å². The molecule has 1 heteroatoms. The number of carbonyl (C=O) groups excluding carboxylic acids is 1. The highest BCUT2D eigenvalue weighted by atomic mass is 16.1. The molecule has 0 heterocycles. The molecule has 0 spiro atoms. The summed E-state index contributed by atoms with van der Waals surface area (Å²) < 4.78 is 0. The molecule has 0 amide bonds. The summed E-state index contributed by atoms with van der Waals surface area (Å²) >= 11 is 0. The van der Waals surface area contributed by atoms with Gasteiger partial charge >= 0.3 is 0 Å². The molecule has 1 rings (SSSR count). The van der Waals surface area contributed by atoms with Gasteiger partial charge in [0.1, 0.15) is 6.29 Å². The van der Waals surface area contributed by atoms with Gasteiger partial charge in [-0.3, -0.25) is 0 Å². The van der Waals surface area contributed by atoms with E-state index in [4.69, 9.17) is 0 Å². The minimum absolute atomic E-state index is 0.391. The van der Waals surface area contributed by atoms with Gasteiger partial charge in [-0.1, -0.05) is 13.3 Å². The molecule has 1 nitrogen and oxygen atoms in total. The number of hydrogen-bond donors (Lipinski definition) is 0. The van der Waals surface area contributed by atoms with Crippen molar-refractivity contribution in [3.63, 3.8) is 0 Å². The average Bonchev–Trinajstić information content (AvgIpc) is 2.05. The maximum atomic E-state index is 10.4. The molecule has 1 fully saturated rings. The van der Waals surface area contributed by atoms with Gasteiger partial charge in [-0.25, -0.2) is 0 Å². The number of carbonyl (C=O) groups is 1. The highest BCUT2D eigenvalue weighted by Crippen LogP contribution is 2.29. The van der Waals surface area contributed by atoms with Gasteiger partial charge < -0.3 is 4.79 Å². The summed E-state index contributed by atoms with van der Waals surface area (Å²) in [4.78, 5) is 10.4. The Balaban J connectivity index is 2.23. The molecular formula is C9H16O. The van der Waals surface area contributed by atoms with Crippen LogP contribution < -0.4 is 0 Å². The number of rotatable bonds is 2. The normalized spacial score (nSPS) is 33.7. The van der Waals surface area contributed by atoms with Crippen LogP contribution in [0.3, 0.4) is 0 Å².